The van der Waals surface area contributed by atoms with Crippen molar-refractivity contribution in [3.05, 3.63) is 100 Å². The Bertz CT molecular complexity index is 1960. The molecule has 4 rings (SSSR count). The molecule has 0 aliphatic rings. The molecule has 0 amide bonds. The number of ether oxygens (including phenoxy) is 1. The standard InChI is InChI=1S/C36H42ClF3N4O5S2/c1-36(2,23-11-16-28(37)32(18-23)49-7)33-21-41-35(43(33)25-14-12-24(38)13-15-25)50-22-27-29(39)19-26(20-30(27)40)51(47,48)42(3)31(34(45)46)10-8-9-17-44(4,5)6/h11-16,18-21,31H,8-10,17,22H2,1-7H3/t31-/m0/s1. The number of nitrogens with zero attached hydrogens (tertiary/aromatic N) is 4. The molecule has 0 spiro atoms. The first-order chi connectivity index (χ1) is 23.8. The fourth-order valence-electron chi connectivity index (χ4n) is 5.62. The molecule has 0 radical (unpaired) electrons. The number of methoxy groups -OCH3 is 1. The minimum Gasteiger partial charge on any atom is -0.548 e. The number of halogens is 4. The molecular weight excluding hydrogens is 725 g/mol. The van der Waals surface area contributed by atoms with E-state index in [1.54, 1.807) is 35.0 Å². The van der Waals surface area contributed by atoms with Crippen LogP contribution in [-0.2, 0) is 26.0 Å². The molecule has 0 fully saturated rings. The van der Waals surface area contributed by atoms with E-state index in [2.05, 4.69) is 4.98 Å². The largest absolute Gasteiger partial charge is 0.548 e. The molecule has 1 aromatic heterocycles. The van der Waals surface area contributed by atoms with E-state index in [9.17, 15) is 22.7 Å². The van der Waals surface area contributed by atoms with Crippen LogP contribution in [0.1, 0.15) is 49.9 Å². The Balaban J connectivity index is 1.64. The monoisotopic (exact) mass is 766 g/mol. The molecule has 3 aromatic carbocycles. The van der Waals surface area contributed by atoms with Crippen molar-refractivity contribution in [3.8, 4) is 11.4 Å². The number of carbonyl (C=O) groups excluding carboxylic acids is 1. The molecule has 51 heavy (non-hydrogen) atoms. The maximum absolute atomic E-state index is 15.6. The fraction of sp³-hybridized carbons (Fsp3) is 0.389. The number of aliphatic carboxylic acids is 1. The van der Waals surface area contributed by atoms with Gasteiger partial charge in [-0.1, -0.05) is 43.3 Å². The Morgan fingerprint density at radius 3 is 2.25 bits per heavy atom. The molecule has 276 valence electrons. The van der Waals surface area contributed by atoms with Crippen LogP contribution in [0.15, 0.2) is 70.8 Å². The van der Waals surface area contributed by atoms with E-state index in [1.807, 2.05) is 41.1 Å². The summed E-state index contributed by atoms with van der Waals surface area (Å²) in [7, 11) is 3.90. The summed E-state index contributed by atoms with van der Waals surface area (Å²) in [5.41, 5.74) is 0.922. The van der Waals surface area contributed by atoms with E-state index in [0.29, 0.717) is 61.1 Å². The van der Waals surface area contributed by atoms with Crippen molar-refractivity contribution in [3.63, 3.8) is 0 Å². The summed E-state index contributed by atoms with van der Waals surface area (Å²) >= 11 is 7.27. The zero-order chi connectivity index (χ0) is 37.9. The first-order valence-electron chi connectivity index (χ1n) is 16.1. The van der Waals surface area contributed by atoms with Gasteiger partial charge >= 0.3 is 0 Å². The number of hydrogen-bond acceptors (Lipinski definition) is 7. The molecule has 4 aromatic rings. The first-order valence-corrected chi connectivity index (χ1v) is 18.9. The second kappa shape index (κ2) is 16.0. The molecule has 0 saturated heterocycles. The number of sulfonamides is 1. The maximum atomic E-state index is 15.6. The first kappa shape index (κ1) is 40.2. The maximum Gasteiger partial charge on any atom is 0.243 e. The Morgan fingerprint density at radius 1 is 1.06 bits per heavy atom. The van der Waals surface area contributed by atoms with Crippen molar-refractivity contribution < 1.29 is 40.7 Å². The van der Waals surface area contributed by atoms with Crippen LogP contribution in [0.2, 0.25) is 5.02 Å². The normalized spacial score (nSPS) is 13.1. The van der Waals surface area contributed by atoms with E-state index in [4.69, 9.17) is 16.3 Å². The third kappa shape index (κ3) is 9.28. The Kier molecular flexibility index (Phi) is 12.6. The highest BCUT2D eigenvalue weighted by molar-refractivity contribution is 7.98. The lowest BCUT2D eigenvalue weighted by Crippen LogP contribution is -2.48. The zero-order valence-electron chi connectivity index (χ0n) is 29.5. The van der Waals surface area contributed by atoms with Crippen LogP contribution in [0, 0.1) is 17.5 Å². The number of aromatic nitrogens is 2. The van der Waals surface area contributed by atoms with Crippen molar-refractivity contribution in [2.75, 3.05) is 41.8 Å². The van der Waals surface area contributed by atoms with Gasteiger partial charge < -0.3 is 19.1 Å². The summed E-state index contributed by atoms with van der Waals surface area (Å²) < 4.78 is 80.3. The van der Waals surface area contributed by atoms with Gasteiger partial charge in [-0.15, -0.1) is 0 Å². The zero-order valence-corrected chi connectivity index (χ0v) is 31.9. The van der Waals surface area contributed by atoms with Crippen molar-refractivity contribution >= 4 is 39.4 Å². The van der Waals surface area contributed by atoms with Crippen LogP contribution < -0.4 is 9.84 Å². The van der Waals surface area contributed by atoms with E-state index in [0.717, 1.165) is 30.9 Å². The summed E-state index contributed by atoms with van der Waals surface area (Å²) in [6, 6.07) is 10.9. The highest BCUT2D eigenvalue weighted by atomic mass is 35.5. The molecule has 0 aliphatic carbocycles. The number of quaternary nitrogens is 1. The van der Waals surface area contributed by atoms with Gasteiger partial charge in [0.05, 0.1) is 68.6 Å². The number of thioether (sulfide) groups is 1. The van der Waals surface area contributed by atoms with Gasteiger partial charge in [0.25, 0.3) is 0 Å². The minimum absolute atomic E-state index is 0.0250. The van der Waals surface area contributed by atoms with Crippen LogP contribution in [-0.4, -0.2) is 80.6 Å². The van der Waals surface area contributed by atoms with Gasteiger partial charge in [-0.2, -0.15) is 4.31 Å². The highest BCUT2D eigenvalue weighted by Crippen LogP contribution is 2.39. The number of likely N-dealkylation sites (N-methyl/N-ethyl adjacent to an activating group) is 1. The molecule has 0 saturated carbocycles. The van der Waals surface area contributed by atoms with Crippen LogP contribution in [0.25, 0.3) is 5.69 Å². The summed E-state index contributed by atoms with van der Waals surface area (Å²) in [5.74, 6) is -4.12. The number of carboxylic acids is 1. The summed E-state index contributed by atoms with van der Waals surface area (Å²) in [5, 5.41) is 12.7. The summed E-state index contributed by atoms with van der Waals surface area (Å²) in [6.45, 7) is 4.65. The Morgan fingerprint density at radius 2 is 1.69 bits per heavy atom. The highest BCUT2D eigenvalue weighted by Gasteiger charge is 2.32. The van der Waals surface area contributed by atoms with E-state index in [-0.39, 0.29) is 12.2 Å². The molecule has 0 aliphatic heterocycles. The van der Waals surface area contributed by atoms with Crippen LogP contribution in [0.5, 0.6) is 5.75 Å². The SMILES string of the molecule is COc1cc(C(C)(C)c2cnc(SCc3c(F)cc(S(=O)(=O)N(C)[C@@H](CCCC[N+](C)(C)C)C(=O)[O-])cc3F)n2-c2ccc(F)cc2)ccc1Cl. The lowest BCUT2D eigenvalue weighted by Gasteiger charge is -2.29. The number of unbranched alkanes of at least 4 members (excludes halogenated alkanes) is 1. The summed E-state index contributed by atoms with van der Waals surface area (Å²) in [4.78, 5) is 15.8. The lowest BCUT2D eigenvalue weighted by atomic mass is 9.81. The van der Waals surface area contributed by atoms with Gasteiger partial charge in [-0.05, 0) is 73.4 Å². The fourth-order valence-corrected chi connectivity index (χ4v) is 8.19. The molecule has 0 unspecified atom stereocenters. The van der Waals surface area contributed by atoms with Gasteiger partial charge in [0.1, 0.15) is 23.2 Å². The van der Waals surface area contributed by atoms with Crippen molar-refractivity contribution in [2.24, 2.45) is 0 Å². The van der Waals surface area contributed by atoms with Gasteiger partial charge in [0, 0.05) is 29.5 Å². The average Bonchev–Trinajstić information content (AvgIpc) is 3.48. The Labute approximate surface area is 306 Å². The third-order valence-electron chi connectivity index (χ3n) is 8.73. The number of carboxylic acid groups (broad SMARTS) is 1. The topological polar surface area (TPSA) is 105 Å². The number of benzene rings is 3. The van der Waals surface area contributed by atoms with Gasteiger partial charge in [0.15, 0.2) is 5.16 Å². The quantitative estimate of drug-likeness (QED) is 0.0762. The predicted octanol–water partition coefficient (Wildman–Crippen LogP) is 6.19. The number of rotatable bonds is 16. The van der Waals surface area contributed by atoms with Gasteiger partial charge in [-0.3, -0.25) is 4.57 Å². The smallest absolute Gasteiger partial charge is 0.243 e. The Hall–Kier alpha value is -3.56. The molecule has 1 heterocycles. The molecule has 0 N–H and O–H groups in total. The predicted molar refractivity (Wildman–Crippen MR) is 190 cm³/mol. The van der Waals surface area contributed by atoms with Gasteiger partial charge in [-0.25, -0.2) is 26.6 Å². The number of imidazole rings is 1. The van der Waals surface area contributed by atoms with Crippen molar-refractivity contribution in [2.45, 2.75) is 60.4 Å². The van der Waals surface area contributed by atoms with Crippen molar-refractivity contribution in [1.29, 1.82) is 0 Å². The second-order valence-electron chi connectivity index (χ2n) is 13.7. The molecular formula is C36H42ClF3N4O5S2. The minimum atomic E-state index is -4.61. The molecule has 1 atom stereocenters. The van der Waals surface area contributed by atoms with E-state index < -0.39 is 55.4 Å². The molecule has 0 bridgehead atoms. The van der Waals surface area contributed by atoms with Gasteiger partial charge in [0.2, 0.25) is 10.0 Å². The average molecular weight is 767 g/mol. The van der Waals surface area contributed by atoms with E-state index >= 15 is 8.78 Å². The van der Waals surface area contributed by atoms with E-state index in [1.165, 1.54) is 19.2 Å². The lowest BCUT2D eigenvalue weighted by molar-refractivity contribution is -0.870. The van der Waals surface area contributed by atoms with Crippen molar-refractivity contribution in [1.82, 2.24) is 13.9 Å². The number of hydrogen-bond donors (Lipinski definition) is 0. The second-order valence-corrected chi connectivity index (χ2v) is 17.1. The molecule has 9 nitrogen and oxygen atoms in total. The third-order valence-corrected chi connectivity index (χ3v) is 11.9. The van der Waals surface area contributed by atoms with Crippen LogP contribution >= 0.6 is 23.4 Å². The summed E-state index contributed by atoms with van der Waals surface area (Å²) in [6.07, 6.45) is 2.65. The van der Waals surface area contributed by atoms with Crippen LogP contribution in [0.3, 0.4) is 0 Å². The number of carbonyl (C=O) groups is 1. The molecule has 15 heteroatoms. The van der Waals surface area contributed by atoms with Crippen LogP contribution in [0.4, 0.5) is 13.2 Å².